The minimum atomic E-state index is -0.343. The summed E-state index contributed by atoms with van der Waals surface area (Å²) in [5.41, 5.74) is 1.28. The average Bonchev–Trinajstić information content (AvgIpc) is 2.44. The van der Waals surface area contributed by atoms with Crippen molar-refractivity contribution in [3.05, 3.63) is 36.1 Å². The van der Waals surface area contributed by atoms with Gasteiger partial charge < -0.3 is 9.64 Å². The minimum absolute atomic E-state index is 0.343. The molecule has 0 radical (unpaired) electrons. The molecule has 0 saturated heterocycles. The highest BCUT2D eigenvalue weighted by molar-refractivity contribution is 5.61. The van der Waals surface area contributed by atoms with Crippen LogP contribution in [0.1, 0.15) is 13.8 Å². The van der Waals surface area contributed by atoms with Crippen molar-refractivity contribution in [2.75, 3.05) is 25.6 Å². The van der Waals surface area contributed by atoms with Crippen LogP contribution in [0.5, 0.6) is 5.75 Å². The van der Waals surface area contributed by atoms with Crippen molar-refractivity contribution in [3.8, 4) is 17.0 Å². The van der Waals surface area contributed by atoms with E-state index in [1.807, 2.05) is 45.0 Å². The quantitative estimate of drug-likeness (QED) is 0.845. The Hall–Kier alpha value is -2.17. The SMILES string of the molecule is CC(C)COc1cc(F)cc(-c2ccc(N(C)C)nn2)c1. The van der Waals surface area contributed by atoms with Crippen LogP contribution in [0.15, 0.2) is 30.3 Å². The Morgan fingerprint density at radius 3 is 2.48 bits per heavy atom. The smallest absolute Gasteiger partial charge is 0.150 e. The van der Waals surface area contributed by atoms with Crippen LogP contribution in [0.25, 0.3) is 11.3 Å². The summed E-state index contributed by atoms with van der Waals surface area (Å²) in [6, 6.07) is 8.27. The molecule has 0 aliphatic heterocycles. The van der Waals surface area contributed by atoms with Crippen molar-refractivity contribution < 1.29 is 9.13 Å². The summed E-state index contributed by atoms with van der Waals surface area (Å²) >= 11 is 0. The molecule has 2 aromatic rings. The lowest BCUT2D eigenvalue weighted by molar-refractivity contribution is 0.270. The standard InChI is InChI=1S/C16H20FN3O/c1-11(2)10-21-14-8-12(7-13(17)9-14)15-5-6-16(19-18-15)20(3)4/h5-9,11H,10H2,1-4H3. The van der Waals surface area contributed by atoms with E-state index in [2.05, 4.69) is 10.2 Å². The molecular weight excluding hydrogens is 269 g/mol. The molecule has 0 aliphatic rings. The second-order valence-electron chi connectivity index (χ2n) is 5.55. The van der Waals surface area contributed by atoms with E-state index in [0.29, 0.717) is 29.5 Å². The molecule has 0 spiro atoms. The van der Waals surface area contributed by atoms with E-state index in [1.165, 1.54) is 12.1 Å². The van der Waals surface area contributed by atoms with Gasteiger partial charge in [-0.05, 0) is 30.2 Å². The largest absolute Gasteiger partial charge is 0.493 e. The zero-order valence-corrected chi connectivity index (χ0v) is 12.8. The Bertz CT molecular complexity index is 597. The molecule has 0 aliphatic carbocycles. The highest BCUT2D eigenvalue weighted by Crippen LogP contribution is 2.25. The van der Waals surface area contributed by atoms with Gasteiger partial charge >= 0.3 is 0 Å². The molecule has 0 N–H and O–H groups in total. The maximum atomic E-state index is 13.7. The zero-order chi connectivity index (χ0) is 15.4. The van der Waals surface area contributed by atoms with E-state index in [4.69, 9.17) is 4.74 Å². The number of benzene rings is 1. The highest BCUT2D eigenvalue weighted by atomic mass is 19.1. The van der Waals surface area contributed by atoms with Gasteiger partial charge in [0.25, 0.3) is 0 Å². The van der Waals surface area contributed by atoms with E-state index in [-0.39, 0.29) is 5.82 Å². The molecule has 4 nitrogen and oxygen atoms in total. The Kier molecular flexibility index (Phi) is 4.73. The molecule has 1 heterocycles. The number of aromatic nitrogens is 2. The number of hydrogen-bond acceptors (Lipinski definition) is 4. The van der Waals surface area contributed by atoms with Crippen LogP contribution in [-0.4, -0.2) is 30.9 Å². The van der Waals surface area contributed by atoms with Crippen molar-refractivity contribution in [3.63, 3.8) is 0 Å². The van der Waals surface area contributed by atoms with E-state index in [0.717, 1.165) is 5.82 Å². The van der Waals surface area contributed by atoms with Crippen molar-refractivity contribution >= 4 is 5.82 Å². The normalized spacial score (nSPS) is 10.8. The van der Waals surface area contributed by atoms with Gasteiger partial charge in [0.1, 0.15) is 11.6 Å². The number of nitrogens with zero attached hydrogens (tertiary/aromatic N) is 3. The van der Waals surface area contributed by atoms with Crippen LogP contribution in [0.4, 0.5) is 10.2 Å². The van der Waals surface area contributed by atoms with Crippen molar-refractivity contribution in [2.24, 2.45) is 5.92 Å². The fourth-order valence-electron chi connectivity index (χ4n) is 1.77. The Morgan fingerprint density at radius 1 is 1.14 bits per heavy atom. The summed E-state index contributed by atoms with van der Waals surface area (Å²) < 4.78 is 19.3. The summed E-state index contributed by atoms with van der Waals surface area (Å²) in [5, 5.41) is 8.23. The first kappa shape index (κ1) is 15.2. The van der Waals surface area contributed by atoms with Gasteiger partial charge in [-0.3, -0.25) is 0 Å². The topological polar surface area (TPSA) is 38.2 Å². The minimum Gasteiger partial charge on any atom is -0.493 e. The molecule has 0 atom stereocenters. The molecule has 21 heavy (non-hydrogen) atoms. The monoisotopic (exact) mass is 289 g/mol. The van der Waals surface area contributed by atoms with Gasteiger partial charge in [-0.1, -0.05) is 13.8 Å². The Morgan fingerprint density at radius 2 is 1.90 bits per heavy atom. The fraction of sp³-hybridized carbons (Fsp3) is 0.375. The average molecular weight is 289 g/mol. The third-order valence-electron chi connectivity index (χ3n) is 2.86. The number of ether oxygens (including phenoxy) is 1. The molecular formula is C16H20FN3O. The van der Waals surface area contributed by atoms with Gasteiger partial charge in [-0.25, -0.2) is 4.39 Å². The van der Waals surface area contributed by atoms with Crippen LogP contribution in [0.3, 0.4) is 0 Å². The first-order valence-electron chi connectivity index (χ1n) is 6.90. The van der Waals surface area contributed by atoms with Gasteiger partial charge in [0.05, 0.1) is 12.3 Å². The molecule has 5 heteroatoms. The molecule has 0 saturated carbocycles. The first-order valence-corrected chi connectivity index (χ1v) is 6.90. The lowest BCUT2D eigenvalue weighted by Gasteiger charge is -2.12. The lowest BCUT2D eigenvalue weighted by Crippen LogP contribution is -2.11. The summed E-state index contributed by atoms with van der Waals surface area (Å²) in [4.78, 5) is 1.86. The molecule has 0 amide bonds. The van der Waals surface area contributed by atoms with Crippen LogP contribution >= 0.6 is 0 Å². The summed E-state index contributed by atoms with van der Waals surface area (Å²) in [6.45, 7) is 4.64. The number of rotatable bonds is 5. The zero-order valence-electron chi connectivity index (χ0n) is 12.8. The third kappa shape index (κ3) is 4.15. The first-order chi connectivity index (χ1) is 9.95. The molecule has 2 rings (SSSR count). The molecule has 0 fully saturated rings. The van der Waals surface area contributed by atoms with E-state index < -0.39 is 0 Å². The molecule has 0 bridgehead atoms. The molecule has 0 unspecified atom stereocenters. The van der Waals surface area contributed by atoms with E-state index >= 15 is 0 Å². The Labute approximate surface area is 124 Å². The molecule has 1 aromatic carbocycles. The van der Waals surface area contributed by atoms with Crippen LogP contribution in [0, 0.1) is 11.7 Å². The predicted octanol–water partition coefficient (Wildman–Crippen LogP) is 3.38. The van der Waals surface area contributed by atoms with E-state index in [1.54, 1.807) is 6.07 Å². The second kappa shape index (κ2) is 6.52. The van der Waals surface area contributed by atoms with Crippen molar-refractivity contribution in [1.82, 2.24) is 10.2 Å². The van der Waals surface area contributed by atoms with Gasteiger partial charge in [0, 0.05) is 25.7 Å². The van der Waals surface area contributed by atoms with Crippen molar-refractivity contribution in [2.45, 2.75) is 13.8 Å². The van der Waals surface area contributed by atoms with E-state index in [9.17, 15) is 4.39 Å². The van der Waals surface area contributed by atoms with Crippen LogP contribution < -0.4 is 9.64 Å². The number of halogens is 1. The summed E-state index contributed by atoms with van der Waals surface area (Å²) in [6.07, 6.45) is 0. The molecule has 1 aromatic heterocycles. The van der Waals surface area contributed by atoms with Crippen molar-refractivity contribution in [1.29, 1.82) is 0 Å². The van der Waals surface area contributed by atoms with Gasteiger partial charge in [-0.2, -0.15) is 0 Å². The van der Waals surface area contributed by atoms with Crippen LogP contribution in [-0.2, 0) is 0 Å². The van der Waals surface area contributed by atoms with Gasteiger partial charge in [0.2, 0.25) is 0 Å². The summed E-state index contributed by atoms with van der Waals surface area (Å²) in [7, 11) is 3.79. The predicted molar refractivity (Wildman–Crippen MR) is 82.1 cm³/mol. The highest BCUT2D eigenvalue weighted by Gasteiger charge is 2.07. The second-order valence-corrected chi connectivity index (χ2v) is 5.55. The number of anilines is 1. The number of hydrogen-bond donors (Lipinski definition) is 0. The van der Waals surface area contributed by atoms with Gasteiger partial charge in [-0.15, -0.1) is 10.2 Å². The maximum Gasteiger partial charge on any atom is 0.150 e. The van der Waals surface area contributed by atoms with Crippen LogP contribution in [0.2, 0.25) is 0 Å². The fourth-order valence-corrected chi connectivity index (χ4v) is 1.77. The Balaban J connectivity index is 2.26. The lowest BCUT2D eigenvalue weighted by atomic mass is 10.1. The third-order valence-corrected chi connectivity index (χ3v) is 2.86. The molecule has 112 valence electrons. The maximum absolute atomic E-state index is 13.7. The van der Waals surface area contributed by atoms with Gasteiger partial charge in [0.15, 0.2) is 5.82 Å². The summed E-state index contributed by atoms with van der Waals surface area (Å²) in [5.74, 6) is 1.31.